The van der Waals surface area contributed by atoms with E-state index in [-0.39, 0.29) is 11.9 Å². The molecule has 4 heteroatoms. The van der Waals surface area contributed by atoms with Crippen molar-refractivity contribution >= 4 is 5.91 Å². The van der Waals surface area contributed by atoms with Crippen LogP contribution in [0.2, 0.25) is 0 Å². The van der Waals surface area contributed by atoms with Gasteiger partial charge in [-0.15, -0.1) is 0 Å². The maximum atomic E-state index is 11.8. The first kappa shape index (κ1) is 12.8. The van der Waals surface area contributed by atoms with Gasteiger partial charge in [0.2, 0.25) is 5.91 Å². The van der Waals surface area contributed by atoms with Crippen LogP contribution in [-0.4, -0.2) is 55.0 Å². The Morgan fingerprint density at radius 2 is 1.94 bits per heavy atom. The summed E-state index contributed by atoms with van der Waals surface area (Å²) >= 11 is 0. The van der Waals surface area contributed by atoms with Crippen LogP contribution in [-0.2, 0) is 4.79 Å². The molecule has 17 heavy (non-hydrogen) atoms. The molecule has 1 amide bonds. The third kappa shape index (κ3) is 3.42. The highest BCUT2D eigenvalue weighted by atomic mass is 16.2. The summed E-state index contributed by atoms with van der Waals surface area (Å²) in [6.07, 6.45) is 5.66. The van der Waals surface area contributed by atoms with E-state index < -0.39 is 0 Å². The van der Waals surface area contributed by atoms with Crippen molar-refractivity contribution in [3.63, 3.8) is 0 Å². The van der Waals surface area contributed by atoms with E-state index in [9.17, 15) is 4.79 Å². The molecule has 2 N–H and O–H groups in total. The monoisotopic (exact) mass is 239 g/mol. The van der Waals surface area contributed by atoms with Crippen LogP contribution in [0.1, 0.15) is 32.1 Å². The molecule has 0 aromatic carbocycles. The van der Waals surface area contributed by atoms with E-state index in [0.717, 1.165) is 38.3 Å². The first-order valence-electron chi connectivity index (χ1n) is 6.89. The molecule has 0 bridgehead atoms. The highest BCUT2D eigenvalue weighted by Gasteiger charge is 2.26. The minimum Gasteiger partial charge on any atom is -0.341 e. The van der Waals surface area contributed by atoms with Gasteiger partial charge < -0.3 is 15.5 Å². The standard InChI is InChI=1S/C13H25N3O/c1-15-8-4-11(5-9-15)6-10-16-7-2-3-12(14)13(16)17/h11-12H,2-10,14H2,1H3. The molecule has 2 fully saturated rings. The van der Waals surface area contributed by atoms with Crippen molar-refractivity contribution in [1.82, 2.24) is 9.80 Å². The summed E-state index contributed by atoms with van der Waals surface area (Å²) in [5.74, 6) is 0.973. The summed E-state index contributed by atoms with van der Waals surface area (Å²) in [6, 6.07) is -0.235. The van der Waals surface area contributed by atoms with Crippen LogP contribution in [0.4, 0.5) is 0 Å². The molecule has 2 aliphatic rings. The molecule has 2 saturated heterocycles. The summed E-state index contributed by atoms with van der Waals surface area (Å²) in [4.78, 5) is 16.2. The number of rotatable bonds is 3. The van der Waals surface area contributed by atoms with Crippen LogP contribution < -0.4 is 5.73 Å². The molecule has 1 unspecified atom stereocenters. The van der Waals surface area contributed by atoms with Gasteiger partial charge in [-0.25, -0.2) is 0 Å². The molecule has 0 spiro atoms. The van der Waals surface area contributed by atoms with E-state index in [1.165, 1.54) is 25.9 Å². The second kappa shape index (κ2) is 5.83. The van der Waals surface area contributed by atoms with Crippen molar-refractivity contribution < 1.29 is 4.79 Å². The molecule has 0 radical (unpaired) electrons. The smallest absolute Gasteiger partial charge is 0.239 e. The molecular weight excluding hydrogens is 214 g/mol. The maximum absolute atomic E-state index is 11.8. The summed E-state index contributed by atoms with van der Waals surface area (Å²) < 4.78 is 0. The quantitative estimate of drug-likeness (QED) is 0.787. The first-order valence-corrected chi connectivity index (χ1v) is 6.89. The van der Waals surface area contributed by atoms with Gasteiger partial charge in [-0.05, 0) is 58.2 Å². The Bertz CT molecular complexity index is 261. The summed E-state index contributed by atoms with van der Waals surface area (Å²) in [5.41, 5.74) is 5.80. The molecule has 0 saturated carbocycles. The Balaban J connectivity index is 1.72. The number of nitrogens with zero attached hydrogens (tertiary/aromatic N) is 2. The van der Waals surface area contributed by atoms with Crippen LogP contribution in [0.25, 0.3) is 0 Å². The van der Waals surface area contributed by atoms with E-state index in [1.54, 1.807) is 0 Å². The van der Waals surface area contributed by atoms with Gasteiger partial charge in [0.1, 0.15) is 0 Å². The van der Waals surface area contributed by atoms with Crippen molar-refractivity contribution in [2.45, 2.75) is 38.1 Å². The number of piperidine rings is 2. The number of hydrogen-bond acceptors (Lipinski definition) is 3. The lowest BCUT2D eigenvalue weighted by molar-refractivity contribution is -0.135. The van der Waals surface area contributed by atoms with Gasteiger partial charge in [-0.2, -0.15) is 0 Å². The topological polar surface area (TPSA) is 49.6 Å². The molecule has 4 nitrogen and oxygen atoms in total. The van der Waals surface area contributed by atoms with E-state index in [0.29, 0.717) is 0 Å². The minimum atomic E-state index is -0.235. The third-order valence-corrected chi connectivity index (χ3v) is 4.22. The predicted molar refractivity (Wildman–Crippen MR) is 68.6 cm³/mol. The summed E-state index contributed by atoms with van der Waals surface area (Å²) in [5, 5.41) is 0. The van der Waals surface area contributed by atoms with E-state index in [4.69, 9.17) is 5.73 Å². The predicted octanol–water partition coefficient (Wildman–Crippen LogP) is 0.668. The van der Waals surface area contributed by atoms with Gasteiger partial charge in [-0.3, -0.25) is 4.79 Å². The number of carbonyl (C=O) groups is 1. The second-order valence-corrected chi connectivity index (χ2v) is 5.61. The van der Waals surface area contributed by atoms with Crippen LogP contribution in [0.3, 0.4) is 0 Å². The Morgan fingerprint density at radius 3 is 2.65 bits per heavy atom. The Labute approximate surface area is 104 Å². The van der Waals surface area contributed by atoms with Crippen molar-refractivity contribution in [3.8, 4) is 0 Å². The van der Waals surface area contributed by atoms with Crippen LogP contribution >= 0.6 is 0 Å². The third-order valence-electron chi connectivity index (χ3n) is 4.22. The normalized spacial score (nSPS) is 28.7. The highest BCUT2D eigenvalue weighted by molar-refractivity contribution is 5.82. The summed E-state index contributed by atoms with van der Waals surface area (Å²) in [6.45, 7) is 4.25. The van der Waals surface area contributed by atoms with Gasteiger partial charge in [0.25, 0.3) is 0 Å². The average Bonchev–Trinajstić information content (AvgIpc) is 2.33. The lowest BCUT2D eigenvalue weighted by Gasteiger charge is -2.33. The molecule has 0 aromatic heterocycles. The number of carbonyl (C=O) groups excluding carboxylic acids is 1. The number of nitrogens with two attached hydrogens (primary N) is 1. The fourth-order valence-corrected chi connectivity index (χ4v) is 2.88. The van der Waals surface area contributed by atoms with Gasteiger partial charge >= 0.3 is 0 Å². The number of likely N-dealkylation sites (tertiary alicyclic amines) is 2. The van der Waals surface area contributed by atoms with Crippen LogP contribution in [0.15, 0.2) is 0 Å². The zero-order chi connectivity index (χ0) is 12.3. The minimum absolute atomic E-state index is 0.171. The van der Waals surface area contributed by atoms with E-state index in [2.05, 4.69) is 11.9 Å². The zero-order valence-electron chi connectivity index (χ0n) is 10.9. The van der Waals surface area contributed by atoms with Crippen LogP contribution in [0.5, 0.6) is 0 Å². The molecular formula is C13H25N3O. The lowest BCUT2D eigenvalue weighted by Crippen LogP contribution is -2.49. The molecule has 2 aliphatic heterocycles. The molecule has 1 atom stereocenters. The van der Waals surface area contributed by atoms with Crippen molar-refractivity contribution in [2.24, 2.45) is 11.7 Å². The average molecular weight is 239 g/mol. The largest absolute Gasteiger partial charge is 0.341 e. The molecule has 2 rings (SSSR count). The van der Waals surface area contributed by atoms with Crippen molar-refractivity contribution in [3.05, 3.63) is 0 Å². The summed E-state index contributed by atoms with van der Waals surface area (Å²) in [7, 11) is 2.18. The fraction of sp³-hybridized carbons (Fsp3) is 0.923. The fourth-order valence-electron chi connectivity index (χ4n) is 2.88. The Kier molecular flexibility index (Phi) is 4.40. The molecule has 0 aliphatic carbocycles. The van der Waals surface area contributed by atoms with Gasteiger partial charge in [0, 0.05) is 13.1 Å². The SMILES string of the molecule is CN1CCC(CCN2CCCC(N)C2=O)CC1. The maximum Gasteiger partial charge on any atom is 0.239 e. The molecule has 0 aromatic rings. The van der Waals surface area contributed by atoms with Gasteiger partial charge in [0.15, 0.2) is 0 Å². The Morgan fingerprint density at radius 1 is 1.24 bits per heavy atom. The van der Waals surface area contributed by atoms with E-state index >= 15 is 0 Å². The van der Waals surface area contributed by atoms with Gasteiger partial charge in [0.05, 0.1) is 6.04 Å². The van der Waals surface area contributed by atoms with Crippen molar-refractivity contribution in [1.29, 1.82) is 0 Å². The Hall–Kier alpha value is -0.610. The number of amides is 1. The zero-order valence-corrected chi connectivity index (χ0v) is 10.9. The highest BCUT2D eigenvalue weighted by Crippen LogP contribution is 2.21. The van der Waals surface area contributed by atoms with Crippen molar-refractivity contribution in [2.75, 3.05) is 33.2 Å². The van der Waals surface area contributed by atoms with E-state index in [1.807, 2.05) is 4.90 Å². The van der Waals surface area contributed by atoms with Crippen LogP contribution in [0, 0.1) is 5.92 Å². The first-order chi connectivity index (χ1) is 8.16. The molecule has 98 valence electrons. The van der Waals surface area contributed by atoms with Gasteiger partial charge in [-0.1, -0.05) is 0 Å². The lowest BCUT2D eigenvalue weighted by atomic mass is 9.93. The number of hydrogen-bond donors (Lipinski definition) is 1. The molecule has 2 heterocycles. The second-order valence-electron chi connectivity index (χ2n) is 5.61.